The number of sulfonamides is 1. The molecule has 5 aliphatic rings. The zero-order valence-corrected chi connectivity index (χ0v) is 15.5. The normalized spacial score (nSPS) is 37.7. The number of carbonyl (C=O) groups is 1. The molecule has 1 heterocycles. The Labute approximate surface area is 158 Å². The number of esters is 1. The van der Waals surface area contributed by atoms with Gasteiger partial charge in [0.05, 0.1) is 10.5 Å². The molecule has 1 saturated heterocycles. The quantitative estimate of drug-likeness (QED) is 0.764. The van der Waals surface area contributed by atoms with Gasteiger partial charge in [-0.2, -0.15) is 4.31 Å². The average molecular weight is 381 g/mol. The summed E-state index contributed by atoms with van der Waals surface area (Å²) in [5.41, 5.74) is 1.59. The van der Waals surface area contributed by atoms with E-state index in [0.29, 0.717) is 28.2 Å². The molecule has 2 aromatic rings. The monoisotopic (exact) mass is 381 g/mol. The molecular formula is C21H19NO4S. The van der Waals surface area contributed by atoms with E-state index >= 15 is 0 Å². The van der Waals surface area contributed by atoms with Crippen LogP contribution in [0.25, 0.3) is 0 Å². The van der Waals surface area contributed by atoms with Gasteiger partial charge < -0.3 is 4.74 Å². The fraction of sp³-hybridized carbons (Fsp3) is 0.381. The number of hydrogen-bond donors (Lipinski definition) is 0. The first-order valence-electron chi connectivity index (χ1n) is 9.36. The highest BCUT2D eigenvalue weighted by atomic mass is 32.2. The molecule has 5 fully saturated rings. The van der Waals surface area contributed by atoms with Crippen molar-refractivity contribution in [1.29, 1.82) is 0 Å². The molecule has 138 valence electrons. The maximum atomic E-state index is 13.1. The second kappa shape index (κ2) is 5.00. The number of nitrogens with zero attached hydrogens (tertiary/aromatic N) is 1. The predicted octanol–water partition coefficient (Wildman–Crippen LogP) is 2.47. The summed E-state index contributed by atoms with van der Waals surface area (Å²) in [6.07, 6.45) is -0.132. The van der Waals surface area contributed by atoms with E-state index in [9.17, 15) is 13.2 Å². The second-order valence-electron chi connectivity index (χ2n) is 8.17. The first kappa shape index (κ1) is 15.8. The summed E-state index contributed by atoms with van der Waals surface area (Å²) in [7, 11) is -3.47. The van der Waals surface area contributed by atoms with E-state index in [1.807, 2.05) is 37.3 Å². The lowest BCUT2D eigenvalue weighted by atomic mass is 9.92. The zero-order chi connectivity index (χ0) is 18.5. The van der Waals surface area contributed by atoms with Crippen molar-refractivity contribution in [3.05, 3.63) is 65.7 Å². The second-order valence-corrected chi connectivity index (χ2v) is 10.0. The molecule has 4 aliphatic carbocycles. The van der Waals surface area contributed by atoms with Crippen molar-refractivity contribution in [2.24, 2.45) is 23.7 Å². The third-order valence-corrected chi connectivity index (χ3v) is 8.88. The smallest absolute Gasteiger partial charge is 0.338 e. The number of ether oxygens (including phenoxy) is 1. The van der Waals surface area contributed by atoms with Crippen molar-refractivity contribution in [3.63, 3.8) is 0 Å². The minimum atomic E-state index is -3.47. The Balaban J connectivity index is 1.23. The van der Waals surface area contributed by atoms with Gasteiger partial charge in [0.2, 0.25) is 10.0 Å². The van der Waals surface area contributed by atoms with Crippen LogP contribution >= 0.6 is 0 Å². The molecule has 6 bridgehead atoms. The summed E-state index contributed by atoms with van der Waals surface area (Å²) >= 11 is 0. The van der Waals surface area contributed by atoms with Crippen molar-refractivity contribution in [3.8, 4) is 0 Å². The predicted molar refractivity (Wildman–Crippen MR) is 97.4 cm³/mol. The molecule has 0 radical (unpaired) electrons. The van der Waals surface area contributed by atoms with E-state index in [-0.39, 0.29) is 30.1 Å². The summed E-state index contributed by atoms with van der Waals surface area (Å²) < 4.78 is 33.7. The molecule has 5 atom stereocenters. The number of benzene rings is 2. The first-order chi connectivity index (χ1) is 13.0. The molecule has 1 aliphatic heterocycles. The van der Waals surface area contributed by atoms with Crippen LogP contribution in [0, 0.1) is 30.6 Å². The third-order valence-electron chi connectivity index (χ3n) is 6.97. The maximum Gasteiger partial charge on any atom is 0.338 e. The molecule has 27 heavy (non-hydrogen) atoms. The average Bonchev–Trinajstić information content (AvgIpc) is 2.89. The van der Waals surface area contributed by atoms with Gasteiger partial charge >= 0.3 is 5.97 Å². The van der Waals surface area contributed by atoms with Gasteiger partial charge in [-0.15, -0.1) is 0 Å². The minimum Gasteiger partial charge on any atom is -0.458 e. The molecular weight excluding hydrogens is 362 g/mol. The fourth-order valence-electron chi connectivity index (χ4n) is 5.95. The van der Waals surface area contributed by atoms with Gasteiger partial charge in [0.15, 0.2) is 0 Å². The highest BCUT2D eigenvalue weighted by molar-refractivity contribution is 7.89. The molecule has 0 amide bonds. The Morgan fingerprint density at radius 2 is 1.52 bits per heavy atom. The van der Waals surface area contributed by atoms with Crippen LogP contribution in [0.1, 0.15) is 15.9 Å². The van der Waals surface area contributed by atoms with E-state index in [1.54, 1.807) is 28.6 Å². The largest absolute Gasteiger partial charge is 0.458 e. The van der Waals surface area contributed by atoms with E-state index in [2.05, 4.69) is 0 Å². The summed E-state index contributed by atoms with van der Waals surface area (Å²) in [6, 6.07) is 16.0. The van der Waals surface area contributed by atoms with Crippen LogP contribution in [0.5, 0.6) is 0 Å². The Morgan fingerprint density at radius 3 is 2.15 bits per heavy atom. The maximum absolute atomic E-state index is 13.1. The Hall–Kier alpha value is -2.18. The van der Waals surface area contributed by atoms with Gasteiger partial charge in [-0.05, 0) is 43.0 Å². The highest BCUT2D eigenvalue weighted by Gasteiger charge is 2.89. The lowest BCUT2D eigenvalue weighted by Gasteiger charge is -2.46. The summed E-state index contributed by atoms with van der Waals surface area (Å²) in [5, 5.41) is 0. The Morgan fingerprint density at radius 1 is 0.889 bits per heavy atom. The van der Waals surface area contributed by atoms with Crippen molar-refractivity contribution in [1.82, 2.24) is 4.31 Å². The number of hydrogen-bond acceptors (Lipinski definition) is 4. The summed E-state index contributed by atoms with van der Waals surface area (Å²) in [6.45, 7) is 1.94. The van der Waals surface area contributed by atoms with Gasteiger partial charge in [-0.1, -0.05) is 35.9 Å². The number of aryl methyl sites for hydroxylation is 1. The van der Waals surface area contributed by atoms with Crippen molar-refractivity contribution >= 4 is 16.0 Å². The topological polar surface area (TPSA) is 63.7 Å². The fourth-order valence-corrected chi connectivity index (χ4v) is 7.87. The molecule has 7 rings (SSSR count). The molecule has 5 nitrogen and oxygen atoms in total. The number of piperidine rings is 1. The summed E-state index contributed by atoms with van der Waals surface area (Å²) in [5.74, 6) is 0.953. The molecule has 0 spiro atoms. The molecule has 4 saturated carbocycles. The van der Waals surface area contributed by atoms with Gasteiger partial charge in [-0.3, -0.25) is 0 Å². The lowest BCUT2D eigenvalue weighted by Crippen LogP contribution is -2.61. The van der Waals surface area contributed by atoms with Crippen LogP contribution in [0.3, 0.4) is 0 Å². The summed E-state index contributed by atoms with van der Waals surface area (Å²) in [4.78, 5) is 12.8. The van der Waals surface area contributed by atoms with E-state index in [1.165, 1.54) is 0 Å². The standard InChI is InChI=1S/C21H19NO4S/c1-11-7-9-13(10-8-11)27(24,25)22-18-14-15-16(14)20(17(18)19(15)22)26-21(23)12-5-3-2-4-6-12/h2-10,14-20H,1H3. The van der Waals surface area contributed by atoms with Crippen LogP contribution in [0.15, 0.2) is 59.5 Å². The van der Waals surface area contributed by atoms with Gasteiger partial charge in [-0.25, -0.2) is 13.2 Å². The lowest BCUT2D eigenvalue weighted by molar-refractivity contribution is -0.00904. The Bertz CT molecular complexity index is 1030. The van der Waals surface area contributed by atoms with Crippen LogP contribution in [0.2, 0.25) is 0 Å². The third kappa shape index (κ3) is 1.87. The molecule has 0 N–H and O–H groups in total. The van der Waals surface area contributed by atoms with E-state index in [4.69, 9.17) is 4.74 Å². The SMILES string of the molecule is Cc1ccc(S(=O)(=O)N2C3C4C5C(OC(=O)c6ccccc6)C3C2C54)cc1. The molecule has 0 aromatic heterocycles. The van der Waals surface area contributed by atoms with Crippen LogP contribution in [0.4, 0.5) is 0 Å². The van der Waals surface area contributed by atoms with Gasteiger partial charge in [0.1, 0.15) is 6.10 Å². The van der Waals surface area contributed by atoms with Crippen molar-refractivity contribution in [2.45, 2.75) is 30.0 Å². The number of rotatable bonds is 4. The minimum absolute atomic E-state index is 0.00452. The van der Waals surface area contributed by atoms with E-state index < -0.39 is 10.0 Å². The van der Waals surface area contributed by atoms with Gasteiger partial charge in [0.25, 0.3) is 0 Å². The highest BCUT2D eigenvalue weighted by Crippen LogP contribution is 2.80. The van der Waals surface area contributed by atoms with Crippen LogP contribution in [-0.2, 0) is 14.8 Å². The molecule has 2 aromatic carbocycles. The molecule has 6 heteroatoms. The van der Waals surface area contributed by atoms with Crippen LogP contribution < -0.4 is 0 Å². The van der Waals surface area contributed by atoms with Gasteiger partial charge in [0, 0.05) is 23.9 Å². The first-order valence-corrected chi connectivity index (χ1v) is 10.8. The van der Waals surface area contributed by atoms with Crippen molar-refractivity contribution < 1.29 is 17.9 Å². The van der Waals surface area contributed by atoms with Crippen molar-refractivity contribution in [2.75, 3.05) is 0 Å². The Kier molecular flexibility index (Phi) is 2.93. The zero-order valence-electron chi connectivity index (χ0n) is 14.7. The molecule has 5 unspecified atom stereocenters. The van der Waals surface area contributed by atoms with Crippen LogP contribution in [-0.4, -0.2) is 36.9 Å². The van der Waals surface area contributed by atoms with E-state index in [0.717, 1.165) is 5.56 Å². The number of carbonyl (C=O) groups excluding carboxylic acids is 1.